The van der Waals surface area contributed by atoms with Crippen LogP contribution >= 0.6 is 23.6 Å². The van der Waals surface area contributed by atoms with Gasteiger partial charge in [0.15, 0.2) is 0 Å². The molecule has 5 atom stereocenters. The molecule has 33 heavy (non-hydrogen) atoms. The molecule has 1 aromatic heterocycles. The molecule has 1 unspecified atom stereocenters. The van der Waals surface area contributed by atoms with Crippen LogP contribution in [0.5, 0.6) is 0 Å². The van der Waals surface area contributed by atoms with Crippen LogP contribution in [-0.2, 0) is 31.8 Å². The van der Waals surface area contributed by atoms with Crippen LogP contribution in [0.1, 0.15) is 6.23 Å². The van der Waals surface area contributed by atoms with E-state index in [0.29, 0.717) is 0 Å². The molecule has 0 radical (unpaired) electrons. The topological polar surface area (TPSA) is 230 Å². The molecular formula is C14H24N4O12P3+. The molecule has 0 amide bonds. The first-order valence-electron chi connectivity index (χ1n) is 9.11. The summed E-state index contributed by atoms with van der Waals surface area (Å²) in [6, 6.07) is 1.25. The van der Waals surface area contributed by atoms with Crippen molar-refractivity contribution in [3.63, 3.8) is 0 Å². The molecule has 2 rings (SSSR count). The molecule has 19 heteroatoms. The Labute approximate surface area is 188 Å². The average Bonchev–Trinajstić information content (AvgIpc) is 2.93. The van der Waals surface area contributed by atoms with Gasteiger partial charge in [-0.15, -0.1) is 0 Å². The molecule has 186 valence electrons. The summed E-state index contributed by atoms with van der Waals surface area (Å²) in [5, 5.41) is 20.5. The number of rotatable bonds is 10. The van der Waals surface area contributed by atoms with Gasteiger partial charge in [0, 0.05) is 6.20 Å². The van der Waals surface area contributed by atoms with E-state index in [9.17, 15) is 28.7 Å². The predicted octanol–water partition coefficient (Wildman–Crippen LogP) is -1.02. The van der Waals surface area contributed by atoms with Crippen LogP contribution < -0.4 is 11.4 Å². The zero-order valence-corrected chi connectivity index (χ0v) is 20.1. The zero-order chi connectivity index (χ0) is 25.0. The van der Waals surface area contributed by atoms with Gasteiger partial charge in [0.05, 0.1) is 0 Å². The summed E-state index contributed by atoms with van der Waals surface area (Å²) < 4.78 is 54.8. The molecule has 0 bridgehead atoms. The van der Waals surface area contributed by atoms with E-state index in [2.05, 4.69) is 15.0 Å². The van der Waals surface area contributed by atoms with Crippen LogP contribution in [-0.4, -0.2) is 86.2 Å². The number of nitrogens with zero attached hydrogens (tertiary/aromatic N) is 3. The molecule has 0 aromatic carbocycles. The number of phosphoric ester groups is 1. The van der Waals surface area contributed by atoms with Gasteiger partial charge in [0.25, 0.3) is 0 Å². The van der Waals surface area contributed by atoms with Crippen molar-refractivity contribution in [1.29, 1.82) is 0 Å². The van der Waals surface area contributed by atoms with Gasteiger partial charge in [-0.3, -0.25) is 0 Å². The number of likely N-dealkylation sites (N-methyl/N-ethyl adjacent to an activating group) is 1. The molecule has 1 aliphatic heterocycles. The van der Waals surface area contributed by atoms with Crippen LogP contribution in [0.25, 0.3) is 0 Å². The van der Waals surface area contributed by atoms with Crippen molar-refractivity contribution >= 4 is 29.4 Å². The molecule has 1 aliphatic rings. The first-order valence-corrected chi connectivity index (χ1v) is 12.9. The molecule has 6 N–H and O–H groups in total. The summed E-state index contributed by atoms with van der Waals surface area (Å²) in [5.41, 5.74) is 4.53. The van der Waals surface area contributed by atoms with E-state index in [0.717, 1.165) is 4.57 Å². The Morgan fingerprint density at radius 3 is 2.55 bits per heavy atom. The predicted molar refractivity (Wildman–Crippen MR) is 110 cm³/mol. The van der Waals surface area contributed by atoms with Gasteiger partial charge in [0.1, 0.15) is 5.82 Å². The number of nitrogens with two attached hydrogens (primary N) is 1. The molecule has 0 spiro atoms. The van der Waals surface area contributed by atoms with Crippen LogP contribution in [0.15, 0.2) is 17.1 Å². The van der Waals surface area contributed by atoms with Crippen molar-refractivity contribution in [2.75, 3.05) is 39.6 Å². The number of phosphoric acid groups is 2. The number of aliphatic hydroxyl groups excluding tert-OH is 2. The number of hydrogen-bond acceptors (Lipinski definition) is 12. The second kappa shape index (κ2) is 11.0. The third kappa shape index (κ3) is 8.20. The SMILES string of the molecule is C[N+](C)(C#P=O)CCOP(=O)(OC[C@H]1O[C@@H](n2ccc(N)nc2=O)[C@H](O)[C@@H]1O)OP(=O)(O)O. The first-order chi connectivity index (χ1) is 15.2. The van der Waals surface area contributed by atoms with Gasteiger partial charge in [-0.05, 0) is 6.07 Å². The maximum absolute atomic E-state index is 12.7. The Morgan fingerprint density at radius 1 is 1.30 bits per heavy atom. The summed E-state index contributed by atoms with van der Waals surface area (Å²) in [4.78, 5) is 33.6. The molecule has 0 aliphatic carbocycles. The van der Waals surface area contributed by atoms with Gasteiger partial charge < -0.3 is 5.73 Å². The average molecular weight is 533 g/mol. The second-order valence-electron chi connectivity index (χ2n) is 7.34. The normalized spacial score (nSPS) is 25.4. The van der Waals surface area contributed by atoms with E-state index in [1.54, 1.807) is 14.1 Å². The Balaban J connectivity index is 2.11. The van der Waals surface area contributed by atoms with Crippen LogP contribution in [0.3, 0.4) is 0 Å². The van der Waals surface area contributed by atoms with Gasteiger partial charge >= 0.3 is 154 Å². The van der Waals surface area contributed by atoms with Crippen molar-refractivity contribution in [3.8, 4) is 5.75 Å². The molecule has 1 saturated heterocycles. The number of ether oxygens (including phenoxy) is 1. The summed E-state index contributed by atoms with van der Waals surface area (Å²) in [6.45, 7) is -1.21. The van der Waals surface area contributed by atoms with E-state index in [1.807, 2.05) is 0 Å². The standard InChI is InChI=1S/C14H23N4O12P3/c1-18(2,8-31-22)5-6-27-33(26,30-32(23,24)25)28-7-9-11(19)12(20)13(29-9)17-4-3-10(15)16-14(17)21/h3-4,9,11-13,19-20H,5-7H2,1-2H3,(H3-,15,16,21,23,24,25)/p+1/t9-,11-,12-,13-,33?/m1/s1. The van der Waals surface area contributed by atoms with Gasteiger partial charge in [-0.25, -0.2) is 4.79 Å². The zero-order valence-electron chi connectivity index (χ0n) is 17.4. The van der Waals surface area contributed by atoms with Crippen molar-refractivity contribution < 1.29 is 56.3 Å². The number of nitrogen functional groups attached to an aromatic ring is 1. The minimum absolute atomic E-state index is 0.0174. The van der Waals surface area contributed by atoms with Crippen LogP contribution in [0, 0.1) is 5.75 Å². The van der Waals surface area contributed by atoms with E-state index in [1.165, 1.54) is 12.3 Å². The minimum atomic E-state index is -5.34. The van der Waals surface area contributed by atoms with Crippen LogP contribution in [0.2, 0.25) is 0 Å². The number of anilines is 1. The van der Waals surface area contributed by atoms with Crippen molar-refractivity contribution in [3.05, 3.63) is 22.7 Å². The van der Waals surface area contributed by atoms with Gasteiger partial charge in [0.2, 0.25) is 0 Å². The first kappa shape index (κ1) is 28.0. The molecule has 1 aromatic rings. The number of aliphatic hydroxyl groups is 2. The number of aromatic nitrogens is 2. The maximum atomic E-state index is 12.7. The monoisotopic (exact) mass is 533 g/mol. The molecule has 16 nitrogen and oxygen atoms in total. The summed E-state index contributed by atoms with van der Waals surface area (Å²) in [7, 11) is -7.51. The van der Waals surface area contributed by atoms with E-state index in [4.69, 9.17) is 29.3 Å². The molecule has 0 saturated carbocycles. The van der Waals surface area contributed by atoms with Crippen molar-refractivity contribution in [2.45, 2.75) is 24.5 Å². The van der Waals surface area contributed by atoms with Crippen molar-refractivity contribution in [2.24, 2.45) is 0 Å². The Kier molecular flexibility index (Phi) is 9.36. The number of hydrogen-bond donors (Lipinski definition) is 5. The number of quaternary nitrogens is 1. The fourth-order valence-electron chi connectivity index (χ4n) is 2.64. The van der Waals surface area contributed by atoms with E-state index < -0.39 is 67.0 Å². The van der Waals surface area contributed by atoms with Crippen LogP contribution in [0.4, 0.5) is 5.82 Å². The fraction of sp³-hybridized carbons (Fsp3) is 0.643. The Bertz CT molecular complexity index is 1100. The van der Waals surface area contributed by atoms with Gasteiger partial charge in [-0.2, -0.15) is 4.98 Å². The second-order valence-corrected chi connectivity index (χ2v) is 10.8. The van der Waals surface area contributed by atoms with Gasteiger partial charge in [-0.1, -0.05) is 0 Å². The molecule has 1 fully saturated rings. The third-order valence-electron chi connectivity index (χ3n) is 4.28. The molecule has 2 heterocycles. The van der Waals surface area contributed by atoms with E-state index >= 15 is 0 Å². The molecular weight excluding hydrogens is 509 g/mol. The van der Waals surface area contributed by atoms with Crippen molar-refractivity contribution in [1.82, 2.24) is 9.55 Å². The Morgan fingerprint density at radius 2 is 1.97 bits per heavy atom. The quantitative estimate of drug-likeness (QED) is 0.179. The fourth-order valence-corrected chi connectivity index (χ4v) is 5.09. The Hall–Kier alpha value is -1.21. The third-order valence-corrected chi connectivity index (χ3v) is 7.52. The summed E-state index contributed by atoms with van der Waals surface area (Å²) >= 11 is 0. The summed E-state index contributed by atoms with van der Waals surface area (Å²) in [5.74, 6) is 2.42. The summed E-state index contributed by atoms with van der Waals surface area (Å²) in [6.07, 6.45) is -4.93. The van der Waals surface area contributed by atoms with E-state index in [-0.39, 0.29) is 16.8 Å².